The maximum Gasteiger partial charge on any atom is 0.302 e. The highest BCUT2D eigenvalue weighted by atomic mass is 16.5. The van der Waals surface area contributed by atoms with Crippen molar-refractivity contribution >= 4 is 12.0 Å². The van der Waals surface area contributed by atoms with Crippen molar-refractivity contribution in [1.82, 2.24) is 4.57 Å². The fraction of sp³-hybridized carbons (Fsp3) is 0.629. The zero-order valence-corrected chi connectivity index (χ0v) is 24.4. The molecule has 2 aromatic rings. The van der Waals surface area contributed by atoms with Crippen LogP contribution in [0.2, 0.25) is 0 Å². The van der Waals surface area contributed by atoms with Crippen LogP contribution in [0.1, 0.15) is 96.8 Å². The standard InChI is InChI=1S/C35H47NO2/c1-24(37)38-31-21-30-33(4)18-10-17-32(2,3)28(33)15-19-34(30,5)29-14-13-26-22-36(23-27(26)35(29,31)6)20-16-25-11-8-7-9-12-25/h7-9,11-14,22-23,28-31H,10,15-21H2,1-6H3/t28-,29-,30+,31-,33-,34-,35-/m0/s1. The third-order valence-electron chi connectivity index (χ3n) is 12.1. The van der Waals surface area contributed by atoms with Gasteiger partial charge >= 0.3 is 5.97 Å². The van der Waals surface area contributed by atoms with Crippen LogP contribution in [0.25, 0.3) is 6.08 Å². The van der Waals surface area contributed by atoms with E-state index in [0.29, 0.717) is 22.7 Å². The van der Waals surface area contributed by atoms with Crippen molar-refractivity contribution in [2.24, 2.45) is 34.0 Å². The van der Waals surface area contributed by atoms with E-state index >= 15 is 0 Å². The van der Waals surface area contributed by atoms with Crippen molar-refractivity contribution in [3.8, 4) is 0 Å². The van der Waals surface area contributed by atoms with Crippen molar-refractivity contribution in [2.45, 2.75) is 105 Å². The van der Waals surface area contributed by atoms with Gasteiger partial charge in [0.1, 0.15) is 6.10 Å². The average Bonchev–Trinajstić information content (AvgIpc) is 3.28. The average molecular weight is 514 g/mol. The molecule has 0 N–H and O–H groups in total. The van der Waals surface area contributed by atoms with Gasteiger partial charge in [0.2, 0.25) is 0 Å². The molecule has 0 unspecified atom stereocenters. The second-order valence-electron chi connectivity index (χ2n) is 14.6. The van der Waals surface area contributed by atoms with Crippen LogP contribution < -0.4 is 0 Å². The summed E-state index contributed by atoms with van der Waals surface area (Å²) in [6.07, 6.45) is 18.0. The van der Waals surface area contributed by atoms with E-state index in [1.165, 1.54) is 48.8 Å². The highest BCUT2D eigenvalue weighted by molar-refractivity contribution is 5.67. The van der Waals surface area contributed by atoms with E-state index in [2.05, 4.69) is 94.1 Å². The fourth-order valence-corrected chi connectivity index (χ4v) is 10.4. The molecule has 3 nitrogen and oxygen atoms in total. The topological polar surface area (TPSA) is 31.2 Å². The molecule has 0 aliphatic heterocycles. The number of carbonyl (C=O) groups excluding carboxylic acids is 1. The molecule has 4 aliphatic rings. The normalized spacial score (nSPS) is 38.9. The number of carbonyl (C=O) groups is 1. The SMILES string of the molecule is CC(=O)O[C@H]1C[C@@H]2[C@@]3(C)CCCC(C)(C)[C@@H]3CC[C@@]2(C)[C@@H]2C=Cc3cn(CCc4ccccc4)cc3[C@]12C. The fourth-order valence-electron chi connectivity index (χ4n) is 10.4. The van der Waals surface area contributed by atoms with Crippen LogP contribution in [0, 0.1) is 34.0 Å². The highest BCUT2D eigenvalue weighted by Gasteiger charge is 2.67. The van der Waals surface area contributed by atoms with E-state index in [0.717, 1.165) is 25.3 Å². The second kappa shape index (κ2) is 8.86. The Morgan fingerprint density at radius 2 is 1.74 bits per heavy atom. The Kier molecular flexibility index (Phi) is 6.05. The lowest BCUT2D eigenvalue weighted by molar-refractivity contribution is -0.205. The van der Waals surface area contributed by atoms with E-state index in [-0.39, 0.29) is 22.9 Å². The summed E-state index contributed by atoms with van der Waals surface area (Å²) in [6.45, 7) is 15.2. The number of ether oxygens (including phenoxy) is 1. The van der Waals surface area contributed by atoms with Gasteiger partial charge in [-0.15, -0.1) is 0 Å². The largest absolute Gasteiger partial charge is 0.462 e. The number of hydrogen-bond donors (Lipinski definition) is 0. The first-order valence-corrected chi connectivity index (χ1v) is 15.1. The van der Waals surface area contributed by atoms with Crippen molar-refractivity contribution in [3.63, 3.8) is 0 Å². The molecule has 3 saturated carbocycles. The molecule has 3 fully saturated rings. The lowest BCUT2D eigenvalue weighted by atomic mass is 9.36. The summed E-state index contributed by atoms with van der Waals surface area (Å²) >= 11 is 0. The second-order valence-corrected chi connectivity index (χ2v) is 14.6. The van der Waals surface area contributed by atoms with E-state index in [9.17, 15) is 4.79 Å². The van der Waals surface area contributed by atoms with Crippen molar-refractivity contribution in [3.05, 3.63) is 65.5 Å². The number of rotatable bonds is 4. The van der Waals surface area contributed by atoms with Crippen LogP contribution in [0.4, 0.5) is 0 Å². The zero-order chi connectivity index (χ0) is 26.9. The maximum absolute atomic E-state index is 12.6. The van der Waals surface area contributed by atoms with E-state index in [1.807, 2.05) is 0 Å². The molecule has 3 heteroatoms. The summed E-state index contributed by atoms with van der Waals surface area (Å²) in [5.74, 6) is 1.52. The lowest BCUT2D eigenvalue weighted by Crippen LogP contribution is -2.66. The predicted molar refractivity (Wildman–Crippen MR) is 155 cm³/mol. The maximum atomic E-state index is 12.6. The molecule has 204 valence electrons. The number of benzene rings is 1. The van der Waals surface area contributed by atoms with Crippen molar-refractivity contribution in [1.29, 1.82) is 0 Å². The number of hydrogen-bond acceptors (Lipinski definition) is 2. The Morgan fingerprint density at radius 3 is 2.47 bits per heavy atom. The molecule has 7 atom stereocenters. The molecule has 4 aliphatic carbocycles. The summed E-state index contributed by atoms with van der Waals surface area (Å²) in [6, 6.07) is 10.7. The number of allylic oxidation sites excluding steroid dienone is 1. The Hall–Kier alpha value is -2.29. The minimum Gasteiger partial charge on any atom is -0.462 e. The number of nitrogens with zero attached hydrogens (tertiary/aromatic N) is 1. The van der Waals surface area contributed by atoms with E-state index < -0.39 is 0 Å². The van der Waals surface area contributed by atoms with Gasteiger partial charge in [-0.25, -0.2) is 0 Å². The quantitative estimate of drug-likeness (QED) is 0.386. The summed E-state index contributed by atoms with van der Waals surface area (Å²) in [4.78, 5) is 12.6. The van der Waals surface area contributed by atoms with E-state index in [1.54, 1.807) is 6.92 Å². The molecule has 0 spiro atoms. The first kappa shape index (κ1) is 26.0. The smallest absolute Gasteiger partial charge is 0.302 e. The monoisotopic (exact) mass is 513 g/mol. The molecule has 1 heterocycles. The minimum atomic E-state index is -0.216. The Balaban J connectivity index is 1.39. The van der Waals surface area contributed by atoms with Gasteiger partial charge in [0.25, 0.3) is 0 Å². The molecule has 0 radical (unpaired) electrons. The Bertz CT molecular complexity index is 1240. The van der Waals surface area contributed by atoms with Gasteiger partial charge in [0.05, 0.1) is 0 Å². The minimum absolute atomic E-state index is 0.0997. The third-order valence-corrected chi connectivity index (χ3v) is 12.1. The molecular weight excluding hydrogens is 466 g/mol. The first-order valence-electron chi connectivity index (χ1n) is 15.1. The summed E-state index contributed by atoms with van der Waals surface area (Å²) < 4.78 is 8.72. The molecule has 0 bridgehead atoms. The van der Waals surface area contributed by atoms with Crippen LogP contribution in [0.5, 0.6) is 0 Å². The lowest BCUT2D eigenvalue weighted by Gasteiger charge is -2.69. The van der Waals surface area contributed by atoms with Crippen LogP contribution in [0.3, 0.4) is 0 Å². The van der Waals surface area contributed by atoms with Gasteiger partial charge in [-0.1, -0.05) is 83.5 Å². The van der Waals surface area contributed by atoms with Crippen LogP contribution >= 0.6 is 0 Å². The van der Waals surface area contributed by atoms with Crippen LogP contribution in [0.15, 0.2) is 48.8 Å². The molecule has 6 rings (SSSR count). The summed E-state index contributed by atoms with van der Waals surface area (Å²) in [5.41, 5.74) is 4.71. The first-order chi connectivity index (χ1) is 18.0. The molecule has 1 aromatic heterocycles. The highest BCUT2D eigenvalue weighted by Crippen LogP contribution is 2.72. The Morgan fingerprint density at radius 1 is 0.974 bits per heavy atom. The van der Waals surface area contributed by atoms with Gasteiger partial charge in [-0.3, -0.25) is 4.79 Å². The molecule has 38 heavy (non-hydrogen) atoms. The van der Waals surface area contributed by atoms with Gasteiger partial charge in [0.15, 0.2) is 0 Å². The Labute approximate surface area is 230 Å². The van der Waals surface area contributed by atoms with Crippen LogP contribution in [-0.4, -0.2) is 16.6 Å². The van der Waals surface area contributed by atoms with Crippen LogP contribution in [-0.2, 0) is 27.9 Å². The molecule has 1 aromatic carbocycles. The number of esters is 1. The summed E-state index contributed by atoms with van der Waals surface area (Å²) in [5, 5.41) is 0. The number of aromatic nitrogens is 1. The summed E-state index contributed by atoms with van der Waals surface area (Å²) in [7, 11) is 0. The van der Waals surface area contributed by atoms with Gasteiger partial charge in [-0.2, -0.15) is 0 Å². The van der Waals surface area contributed by atoms with E-state index in [4.69, 9.17) is 4.74 Å². The van der Waals surface area contributed by atoms with Gasteiger partial charge in [-0.05, 0) is 89.2 Å². The van der Waals surface area contributed by atoms with Gasteiger partial charge in [0, 0.05) is 31.3 Å². The van der Waals surface area contributed by atoms with Crippen molar-refractivity contribution in [2.75, 3.05) is 0 Å². The number of fused-ring (bicyclic) bond motifs is 7. The number of aryl methyl sites for hydroxylation is 2. The third kappa shape index (κ3) is 3.78. The van der Waals surface area contributed by atoms with Gasteiger partial charge < -0.3 is 9.30 Å². The molecular formula is C35H47NO2. The molecule has 0 saturated heterocycles. The zero-order valence-electron chi connectivity index (χ0n) is 24.4. The predicted octanol–water partition coefficient (Wildman–Crippen LogP) is 8.22. The molecule has 0 amide bonds. The van der Waals surface area contributed by atoms with Crippen molar-refractivity contribution < 1.29 is 9.53 Å².